The molecule has 1 atom stereocenters. The summed E-state index contributed by atoms with van der Waals surface area (Å²) in [6, 6.07) is 13.4. The smallest absolute Gasteiger partial charge is 0.321 e. The molecule has 9 heteroatoms. The Morgan fingerprint density at radius 3 is 2.50 bits per heavy atom. The van der Waals surface area contributed by atoms with Crippen LogP contribution in [0.2, 0.25) is 0 Å². The summed E-state index contributed by atoms with van der Waals surface area (Å²) in [5.41, 5.74) is 2.11. The van der Waals surface area contributed by atoms with Gasteiger partial charge < -0.3 is 5.32 Å². The molecule has 3 amide bonds. The number of nitrogens with one attached hydrogen (secondary N) is 2. The average molecular weight is 428 g/mol. The normalized spacial score (nSPS) is 11.7. The molecule has 0 fully saturated rings. The van der Waals surface area contributed by atoms with Crippen molar-refractivity contribution >= 4 is 23.7 Å². The Bertz CT molecular complexity index is 1050. The number of hydrogen-bond donors (Lipinski definition) is 2. The first kappa shape index (κ1) is 21.5. The summed E-state index contributed by atoms with van der Waals surface area (Å²) in [5, 5.41) is 13.0. The highest BCUT2D eigenvalue weighted by Gasteiger charge is 2.23. The standard InChI is InChI=1S/C21H22FN5O2S/c1-4-23-20(29)24-19(28)14(3)30-21-26-25-18(16-7-5-6-8-17(16)22)27(21)15-11-9-13(2)10-12-15/h5-12,14H,4H2,1-3H3,(H2,23,24,28,29). The van der Waals surface area contributed by atoms with Gasteiger partial charge >= 0.3 is 6.03 Å². The van der Waals surface area contributed by atoms with Gasteiger partial charge in [0.15, 0.2) is 11.0 Å². The van der Waals surface area contributed by atoms with Crippen molar-refractivity contribution < 1.29 is 14.0 Å². The molecule has 156 valence electrons. The predicted octanol–water partition coefficient (Wildman–Crippen LogP) is 3.71. The first-order valence-corrected chi connectivity index (χ1v) is 10.3. The summed E-state index contributed by atoms with van der Waals surface area (Å²) in [7, 11) is 0. The minimum Gasteiger partial charge on any atom is -0.338 e. The van der Waals surface area contributed by atoms with Crippen LogP contribution in [0.4, 0.5) is 9.18 Å². The van der Waals surface area contributed by atoms with Crippen molar-refractivity contribution in [2.75, 3.05) is 6.54 Å². The number of aryl methyl sites for hydroxylation is 1. The number of carbonyl (C=O) groups is 2. The van der Waals surface area contributed by atoms with E-state index in [9.17, 15) is 14.0 Å². The quantitative estimate of drug-likeness (QED) is 0.586. The Kier molecular flexibility index (Phi) is 6.83. The number of aromatic nitrogens is 3. The highest BCUT2D eigenvalue weighted by Crippen LogP contribution is 2.31. The van der Waals surface area contributed by atoms with E-state index in [-0.39, 0.29) is 0 Å². The highest BCUT2D eigenvalue weighted by molar-refractivity contribution is 8.00. The Balaban J connectivity index is 1.97. The number of urea groups is 1. The fraction of sp³-hybridized carbons (Fsp3) is 0.238. The van der Waals surface area contributed by atoms with Gasteiger partial charge in [-0.25, -0.2) is 9.18 Å². The van der Waals surface area contributed by atoms with E-state index in [0.717, 1.165) is 23.0 Å². The molecule has 30 heavy (non-hydrogen) atoms. The van der Waals surface area contributed by atoms with Gasteiger partial charge in [0.2, 0.25) is 5.91 Å². The van der Waals surface area contributed by atoms with E-state index in [4.69, 9.17) is 0 Å². The predicted molar refractivity (Wildman–Crippen MR) is 114 cm³/mol. The lowest BCUT2D eigenvalue weighted by Gasteiger charge is -2.14. The third kappa shape index (κ3) is 4.85. The number of hydrogen-bond acceptors (Lipinski definition) is 5. The van der Waals surface area contributed by atoms with Gasteiger partial charge in [0.1, 0.15) is 5.82 Å². The van der Waals surface area contributed by atoms with Crippen LogP contribution in [0.15, 0.2) is 53.7 Å². The number of thioether (sulfide) groups is 1. The van der Waals surface area contributed by atoms with E-state index in [1.165, 1.54) is 6.07 Å². The summed E-state index contributed by atoms with van der Waals surface area (Å²) < 4.78 is 16.2. The summed E-state index contributed by atoms with van der Waals surface area (Å²) in [6.45, 7) is 5.80. The Hall–Kier alpha value is -3.20. The van der Waals surface area contributed by atoms with E-state index in [1.54, 1.807) is 36.6 Å². The van der Waals surface area contributed by atoms with Crippen LogP contribution in [0, 0.1) is 12.7 Å². The second-order valence-electron chi connectivity index (χ2n) is 6.57. The molecule has 0 saturated heterocycles. The first-order valence-electron chi connectivity index (χ1n) is 9.43. The lowest BCUT2D eigenvalue weighted by Crippen LogP contribution is -2.42. The van der Waals surface area contributed by atoms with Gasteiger partial charge in [0, 0.05) is 12.2 Å². The number of imide groups is 1. The molecule has 0 radical (unpaired) electrons. The number of halogens is 1. The summed E-state index contributed by atoms with van der Waals surface area (Å²) in [5.74, 6) is -0.551. The van der Waals surface area contributed by atoms with E-state index < -0.39 is 23.0 Å². The number of rotatable bonds is 6. The number of carbonyl (C=O) groups excluding carboxylic acids is 2. The van der Waals surface area contributed by atoms with Crippen LogP contribution >= 0.6 is 11.8 Å². The summed E-state index contributed by atoms with van der Waals surface area (Å²) >= 11 is 1.13. The molecule has 0 bridgehead atoms. The fourth-order valence-corrected chi connectivity index (χ4v) is 3.59. The maximum Gasteiger partial charge on any atom is 0.321 e. The highest BCUT2D eigenvalue weighted by atomic mass is 32.2. The van der Waals surface area contributed by atoms with E-state index in [2.05, 4.69) is 20.8 Å². The summed E-state index contributed by atoms with van der Waals surface area (Å²) in [4.78, 5) is 24.0. The van der Waals surface area contributed by atoms with E-state index in [0.29, 0.717) is 23.1 Å². The molecule has 1 heterocycles. The molecule has 3 aromatic rings. The van der Waals surface area contributed by atoms with Gasteiger partial charge in [-0.1, -0.05) is 41.6 Å². The maximum atomic E-state index is 14.5. The average Bonchev–Trinajstić information content (AvgIpc) is 3.12. The molecule has 7 nitrogen and oxygen atoms in total. The van der Waals surface area contributed by atoms with Crippen LogP contribution in [0.3, 0.4) is 0 Å². The Labute approximate surface area is 178 Å². The molecule has 0 aliphatic rings. The van der Waals surface area contributed by atoms with Crippen molar-refractivity contribution in [3.05, 3.63) is 59.9 Å². The van der Waals surface area contributed by atoms with Gasteiger partial charge in [0.05, 0.1) is 10.8 Å². The van der Waals surface area contributed by atoms with Crippen LogP contribution in [0.25, 0.3) is 17.1 Å². The maximum absolute atomic E-state index is 14.5. The van der Waals surface area contributed by atoms with Gasteiger partial charge in [-0.05, 0) is 45.0 Å². The first-order chi connectivity index (χ1) is 14.4. The molecule has 1 aromatic heterocycles. The van der Waals surface area contributed by atoms with Crippen LogP contribution in [0.1, 0.15) is 19.4 Å². The number of nitrogens with zero attached hydrogens (tertiary/aromatic N) is 3. The zero-order chi connectivity index (χ0) is 21.7. The second-order valence-corrected chi connectivity index (χ2v) is 7.87. The van der Waals surface area contributed by atoms with Crippen LogP contribution in [0.5, 0.6) is 0 Å². The van der Waals surface area contributed by atoms with E-state index in [1.807, 2.05) is 31.2 Å². The minimum absolute atomic E-state index is 0.303. The van der Waals surface area contributed by atoms with Crippen LogP contribution in [-0.2, 0) is 4.79 Å². The molecule has 0 aliphatic carbocycles. The molecule has 0 saturated carbocycles. The molecular weight excluding hydrogens is 405 g/mol. The van der Waals surface area contributed by atoms with Gasteiger partial charge in [-0.3, -0.25) is 14.7 Å². The lowest BCUT2D eigenvalue weighted by molar-refractivity contribution is -0.119. The van der Waals surface area contributed by atoms with Crippen LogP contribution < -0.4 is 10.6 Å². The Morgan fingerprint density at radius 1 is 1.13 bits per heavy atom. The topological polar surface area (TPSA) is 88.9 Å². The SMILES string of the molecule is CCNC(=O)NC(=O)C(C)Sc1nnc(-c2ccccc2F)n1-c1ccc(C)cc1. The minimum atomic E-state index is -0.630. The molecule has 2 N–H and O–H groups in total. The monoisotopic (exact) mass is 427 g/mol. The fourth-order valence-electron chi connectivity index (χ4n) is 2.72. The van der Waals surface area contributed by atoms with Crippen molar-refractivity contribution in [1.29, 1.82) is 0 Å². The van der Waals surface area contributed by atoms with Crippen molar-refractivity contribution in [1.82, 2.24) is 25.4 Å². The molecule has 0 spiro atoms. The third-order valence-corrected chi connectivity index (χ3v) is 5.31. The van der Waals surface area contributed by atoms with Crippen molar-refractivity contribution in [3.63, 3.8) is 0 Å². The molecule has 1 unspecified atom stereocenters. The lowest BCUT2D eigenvalue weighted by atomic mass is 10.2. The molecular formula is C21H22FN5O2S. The van der Waals surface area contributed by atoms with E-state index >= 15 is 0 Å². The van der Waals surface area contributed by atoms with Crippen LogP contribution in [-0.4, -0.2) is 38.5 Å². The zero-order valence-corrected chi connectivity index (χ0v) is 17.7. The van der Waals surface area contributed by atoms with Crippen molar-refractivity contribution in [2.24, 2.45) is 0 Å². The third-order valence-electron chi connectivity index (χ3n) is 4.27. The molecule has 3 rings (SSSR count). The molecule has 0 aliphatic heterocycles. The van der Waals surface area contributed by atoms with Crippen molar-refractivity contribution in [3.8, 4) is 17.1 Å². The molecule has 2 aromatic carbocycles. The second kappa shape index (κ2) is 9.53. The van der Waals surface area contributed by atoms with Gasteiger partial charge in [-0.15, -0.1) is 10.2 Å². The van der Waals surface area contributed by atoms with Gasteiger partial charge in [0.25, 0.3) is 0 Å². The number of benzene rings is 2. The zero-order valence-electron chi connectivity index (χ0n) is 16.8. The number of amides is 3. The summed E-state index contributed by atoms with van der Waals surface area (Å²) in [6.07, 6.45) is 0. The van der Waals surface area contributed by atoms with Gasteiger partial charge in [-0.2, -0.15) is 0 Å². The Morgan fingerprint density at radius 2 is 1.83 bits per heavy atom. The van der Waals surface area contributed by atoms with Crippen molar-refractivity contribution in [2.45, 2.75) is 31.2 Å². The largest absolute Gasteiger partial charge is 0.338 e.